The molecule has 0 radical (unpaired) electrons. The summed E-state index contributed by atoms with van der Waals surface area (Å²) in [5.74, 6) is 0.0387. The average Bonchev–Trinajstić information content (AvgIpc) is 2.81. The van der Waals surface area contributed by atoms with Crippen LogP contribution in [0, 0.1) is 0 Å². The zero-order valence-electron chi connectivity index (χ0n) is 11.7. The summed E-state index contributed by atoms with van der Waals surface area (Å²) in [6, 6.07) is 9.74. The molecule has 0 atom stereocenters. The molecule has 1 aliphatic rings. The zero-order chi connectivity index (χ0) is 14.2. The van der Waals surface area contributed by atoms with E-state index in [4.69, 9.17) is 9.57 Å². The predicted molar refractivity (Wildman–Crippen MR) is 77.0 cm³/mol. The van der Waals surface area contributed by atoms with Crippen molar-refractivity contribution < 1.29 is 14.4 Å². The number of oxime groups is 1. The van der Waals surface area contributed by atoms with E-state index >= 15 is 0 Å². The van der Waals surface area contributed by atoms with E-state index in [0.717, 1.165) is 24.8 Å². The minimum Gasteiger partial charge on any atom is -0.405 e. The molecule has 4 nitrogen and oxygen atoms in total. The standard InChI is InChI=1S/C16H19NO3/c1-2-3-5-10-14-11-15(20-16(14)18)17-19-12-13-8-6-4-7-9-13/h4,6-10H,2-3,5,11-12H2,1H3/b14-10+,17-15?. The van der Waals surface area contributed by atoms with Gasteiger partial charge in [0.05, 0.1) is 6.42 Å². The van der Waals surface area contributed by atoms with Gasteiger partial charge >= 0.3 is 5.97 Å². The van der Waals surface area contributed by atoms with Gasteiger partial charge in [-0.15, -0.1) is 0 Å². The van der Waals surface area contributed by atoms with Gasteiger partial charge in [-0.05, 0) is 12.0 Å². The third kappa shape index (κ3) is 4.23. The molecule has 2 rings (SSSR count). The lowest BCUT2D eigenvalue weighted by Crippen LogP contribution is -1.99. The summed E-state index contributed by atoms with van der Waals surface area (Å²) in [4.78, 5) is 16.8. The Hall–Kier alpha value is -2.10. The molecule has 4 heteroatoms. The monoisotopic (exact) mass is 273 g/mol. The number of allylic oxidation sites excluding steroid dienone is 1. The Morgan fingerprint density at radius 1 is 1.35 bits per heavy atom. The minimum atomic E-state index is -0.303. The summed E-state index contributed by atoms with van der Waals surface area (Å²) in [5, 5.41) is 3.88. The molecule has 1 aliphatic heterocycles. The molecular weight excluding hydrogens is 254 g/mol. The molecule has 0 bridgehead atoms. The van der Waals surface area contributed by atoms with E-state index in [1.165, 1.54) is 0 Å². The van der Waals surface area contributed by atoms with Crippen LogP contribution in [0.2, 0.25) is 0 Å². The van der Waals surface area contributed by atoms with Crippen molar-refractivity contribution in [1.82, 2.24) is 0 Å². The van der Waals surface area contributed by atoms with Crippen molar-refractivity contribution in [3.63, 3.8) is 0 Å². The molecule has 0 amide bonds. The lowest BCUT2D eigenvalue weighted by molar-refractivity contribution is -0.129. The van der Waals surface area contributed by atoms with Crippen LogP contribution in [0.5, 0.6) is 0 Å². The van der Waals surface area contributed by atoms with E-state index < -0.39 is 0 Å². The second-order valence-corrected chi connectivity index (χ2v) is 4.68. The second kappa shape index (κ2) is 7.48. The lowest BCUT2D eigenvalue weighted by Gasteiger charge is -1.99. The summed E-state index contributed by atoms with van der Waals surface area (Å²) < 4.78 is 5.06. The number of benzene rings is 1. The van der Waals surface area contributed by atoms with Crippen molar-refractivity contribution in [3.05, 3.63) is 47.5 Å². The first kappa shape index (κ1) is 14.3. The first-order valence-electron chi connectivity index (χ1n) is 6.93. The van der Waals surface area contributed by atoms with Gasteiger partial charge in [-0.25, -0.2) is 4.79 Å². The quantitative estimate of drug-likeness (QED) is 0.344. The van der Waals surface area contributed by atoms with Gasteiger partial charge in [0.1, 0.15) is 6.61 Å². The zero-order valence-corrected chi connectivity index (χ0v) is 11.7. The molecular formula is C16H19NO3. The molecule has 0 spiro atoms. The topological polar surface area (TPSA) is 47.9 Å². The number of ether oxygens (including phenoxy) is 1. The summed E-state index contributed by atoms with van der Waals surface area (Å²) in [6.07, 6.45) is 5.45. The molecule has 1 aromatic carbocycles. The second-order valence-electron chi connectivity index (χ2n) is 4.68. The van der Waals surface area contributed by atoms with Gasteiger partial charge in [0.15, 0.2) is 0 Å². The molecule has 1 heterocycles. The molecule has 0 unspecified atom stereocenters. The maximum atomic E-state index is 11.6. The van der Waals surface area contributed by atoms with E-state index in [1.54, 1.807) is 0 Å². The summed E-state index contributed by atoms with van der Waals surface area (Å²) in [7, 11) is 0. The van der Waals surface area contributed by atoms with Crippen LogP contribution in [0.4, 0.5) is 0 Å². The van der Waals surface area contributed by atoms with Crippen LogP contribution in [-0.2, 0) is 21.0 Å². The van der Waals surface area contributed by atoms with Crippen molar-refractivity contribution in [3.8, 4) is 0 Å². The fourth-order valence-electron chi connectivity index (χ4n) is 1.88. The van der Waals surface area contributed by atoms with Crippen molar-refractivity contribution in [1.29, 1.82) is 0 Å². The third-order valence-corrected chi connectivity index (χ3v) is 3.00. The van der Waals surface area contributed by atoms with Crippen molar-refractivity contribution in [2.75, 3.05) is 0 Å². The predicted octanol–water partition coefficient (Wildman–Crippen LogP) is 3.58. The third-order valence-electron chi connectivity index (χ3n) is 3.00. The largest absolute Gasteiger partial charge is 0.405 e. The Morgan fingerprint density at radius 2 is 2.15 bits per heavy atom. The van der Waals surface area contributed by atoms with Crippen LogP contribution in [0.25, 0.3) is 0 Å². The highest BCUT2D eigenvalue weighted by molar-refractivity contribution is 6.07. The summed E-state index contributed by atoms with van der Waals surface area (Å²) in [6.45, 7) is 2.49. The van der Waals surface area contributed by atoms with Crippen molar-refractivity contribution in [2.45, 2.75) is 39.2 Å². The molecule has 20 heavy (non-hydrogen) atoms. The highest BCUT2D eigenvalue weighted by Gasteiger charge is 2.25. The van der Waals surface area contributed by atoms with Gasteiger partial charge in [-0.3, -0.25) is 0 Å². The molecule has 106 valence electrons. The number of rotatable bonds is 6. The number of cyclic esters (lactones) is 1. The van der Waals surface area contributed by atoms with E-state index in [1.807, 2.05) is 36.4 Å². The lowest BCUT2D eigenvalue weighted by atomic mass is 10.1. The minimum absolute atomic E-state index is 0.303. The van der Waals surface area contributed by atoms with Gasteiger partial charge in [-0.1, -0.05) is 61.3 Å². The maximum absolute atomic E-state index is 11.6. The van der Waals surface area contributed by atoms with E-state index in [-0.39, 0.29) is 5.97 Å². The summed E-state index contributed by atoms with van der Waals surface area (Å²) >= 11 is 0. The maximum Gasteiger partial charge on any atom is 0.340 e. The number of hydrogen-bond acceptors (Lipinski definition) is 4. The molecule has 0 N–H and O–H groups in total. The Bertz CT molecular complexity index is 506. The number of unbranched alkanes of at least 4 members (excludes halogenated alkanes) is 2. The fraction of sp³-hybridized carbons (Fsp3) is 0.375. The number of carbonyl (C=O) groups excluding carboxylic acids is 1. The van der Waals surface area contributed by atoms with Gasteiger partial charge in [0, 0.05) is 5.57 Å². The fourth-order valence-corrected chi connectivity index (χ4v) is 1.88. The highest BCUT2D eigenvalue weighted by atomic mass is 16.7. The molecule has 1 aromatic rings. The number of carbonyl (C=O) groups is 1. The summed E-state index contributed by atoms with van der Waals surface area (Å²) in [5.41, 5.74) is 1.71. The van der Waals surface area contributed by atoms with E-state index in [2.05, 4.69) is 12.1 Å². The van der Waals surface area contributed by atoms with Crippen LogP contribution in [-0.4, -0.2) is 11.9 Å². The average molecular weight is 273 g/mol. The Kier molecular flexibility index (Phi) is 5.35. The first-order chi connectivity index (χ1) is 9.79. The van der Waals surface area contributed by atoms with Crippen molar-refractivity contribution in [2.24, 2.45) is 5.16 Å². The van der Waals surface area contributed by atoms with E-state index in [9.17, 15) is 4.79 Å². The first-order valence-corrected chi connectivity index (χ1v) is 6.93. The van der Waals surface area contributed by atoms with Crippen LogP contribution >= 0.6 is 0 Å². The van der Waals surface area contributed by atoms with Crippen molar-refractivity contribution >= 4 is 11.9 Å². The number of nitrogens with zero attached hydrogens (tertiary/aromatic N) is 1. The van der Waals surface area contributed by atoms with Gasteiger partial charge in [0.25, 0.3) is 0 Å². The van der Waals surface area contributed by atoms with Gasteiger partial charge < -0.3 is 9.57 Å². The van der Waals surface area contributed by atoms with E-state index in [0.29, 0.717) is 24.5 Å². The van der Waals surface area contributed by atoms with Gasteiger partial charge in [-0.2, -0.15) is 0 Å². The van der Waals surface area contributed by atoms with Crippen LogP contribution < -0.4 is 0 Å². The molecule has 1 fully saturated rings. The number of esters is 1. The van der Waals surface area contributed by atoms with Crippen LogP contribution in [0.15, 0.2) is 47.1 Å². The molecule has 1 saturated heterocycles. The van der Waals surface area contributed by atoms with Gasteiger partial charge in [0.2, 0.25) is 5.90 Å². The van der Waals surface area contributed by atoms with Crippen LogP contribution in [0.1, 0.15) is 38.2 Å². The Balaban J connectivity index is 1.83. The number of hydrogen-bond donors (Lipinski definition) is 0. The molecule has 0 saturated carbocycles. The smallest absolute Gasteiger partial charge is 0.340 e. The molecule has 0 aromatic heterocycles. The highest BCUT2D eigenvalue weighted by Crippen LogP contribution is 2.18. The Morgan fingerprint density at radius 3 is 2.90 bits per heavy atom. The van der Waals surface area contributed by atoms with Crippen LogP contribution in [0.3, 0.4) is 0 Å². The Labute approximate surface area is 119 Å². The molecule has 0 aliphatic carbocycles. The SMILES string of the molecule is CCCC/C=C1\CC(=NOCc2ccccc2)OC1=O. The normalized spacial score (nSPS) is 18.6.